The number of likely N-dealkylation sites (tertiary alicyclic amines) is 1. The van der Waals surface area contributed by atoms with Gasteiger partial charge in [0.2, 0.25) is 0 Å². The van der Waals surface area contributed by atoms with Gasteiger partial charge in [0.25, 0.3) is 0 Å². The summed E-state index contributed by atoms with van der Waals surface area (Å²) < 4.78 is 0. The third kappa shape index (κ3) is 2.02. The molecule has 0 radical (unpaired) electrons. The minimum Gasteiger partial charge on any atom is -0.329 e. The van der Waals surface area contributed by atoms with Crippen molar-refractivity contribution in [3.8, 4) is 0 Å². The smallest absolute Gasteiger partial charge is 0.0337 e. The highest BCUT2D eigenvalue weighted by atomic mass is 15.2. The van der Waals surface area contributed by atoms with E-state index in [9.17, 15) is 0 Å². The van der Waals surface area contributed by atoms with Gasteiger partial charge in [-0.05, 0) is 36.5 Å². The number of nitrogens with two attached hydrogens (primary N) is 1. The third-order valence-corrected chi connectivity index (χ3v) is 5.11. The van der Waals surface area contributed by atoms with Crippen molar-refractivity contribution in [1.82, 2.24) is 4.90 Å². The second-order valence-electron chi connectivity index (χ2n) is 7.13. The SMILES string of the molecule is CC1CN(C2(CN)CCC(C)(C)C2)CC1C. The molecular weight excluding hydrogens is 196 g/mol. The van der Waals surface area contributed by atoms with Crippen LogP contribution >= 0.6 is 0 Å². The number of nitrogens with zero attached hydrogens (tertiary/aromatic N) is 1. The standard InChI is InChI=1S/C14H28N2/c1-11-7-16(8-12(11)2)14(10-15)6-5-13(3,4)9-14/h11-12H,5-10,15H2,1-4H3. The van der Waals surface area contributed by atoms with E-state index in [1.165, 1.54) is 32.4 Å². The van der Waals surface area contributed by atoms with E-state index in [0.717, 1.165) is 18.4 Å². The van der Waals surface area contributed by atoms with E-state index >= 15 is 0 Å². The Morgan fingerprint density at radius 1 is 1.12 bits per heavy atom. The quantitative estimate of drug-likeness (QED) is 0.781. The van der Waals surface area contributed by atoms with Gasteiger partial charge in [0, 0.05) is 25.2 Å². The van der Waals surface area contributed by atoms with Crippen molar-refractivity contribution < 1.29 is 0 Å². The van der Waals surface area contributed by atoms with Crippen molar-refractivity contribution in [2.45, 2.75) is 52.5 Å². The van der Waals surface area contributed by atoms with Crippen molar-refractivity contribution >= 4 is 0 Å². The molecule has 2 nitrogen and oxygen atoms in total. The van der Waals surface area contributed by atoms with E-state index in [2.05, 4.69) is 32.6 Å². The van der Waals surface area contributed by atoms with Gasteiger partial charge >= 0.3 is 0 Å². The number of hydrogen-bond donors (Lipinski definition) is 1. The summed E-state index contributed by atoms with van der Waals surface area (Å²) in [5, 5.41) is 0. The van der Waals surface area contributed by atoms with Crippen molar-refractivity contribution in [1.29, 1.82) is 0 Å². The van der Waals surface area contributed by atoms with Crippen LogP contribution in [0.2, 0.25) is 0 Å². The van der Waals surface area contributed by atoms with E-state index < -0.39 is 0 Å². The van der Waals surface area contributed by atoms with Crippen LogP contribution < -0.4 is 5.73 Å². The van der Waals surface area contributed by atoms with E-state index in [1.807, 2.05) is 0 Å². The van der Waals surface area contributed by atoms with Gasteiger partial charge in [0.15, 0.2) is 0 Å². The summed E-state index contributed by atoms with van der Waals surface area (Å²) in [4.78, 5) is 2.71. The third-order valence-electron chi connectivity index (χ3n) is 5.11. The average molecular weight is 224 g/mol. The van der Waals surface area contributed by atoms with Crippen molar-refractivity contribution in [2.24, 2.45) is 23.0 Å². The first-order chi connectivity index (χ1) is 7.38. The molecule has 1 heterocycles. The van der Waals surface area contributed by atoms with Crippen molar-refractivity contribution in [3.63, 3.8) is 0 Å². The Balaban J connectivity index is 2.12. The lowest BCUT2D eigenvalue weighted by Crippen LogP contribution is -2.51. The van der Waals surface area contributed by atoms with Gasteiger partial charge in [-0.3, -0.25) is 4.90 Å². The Bertz CT molecular complexity index is 251. The molecule has 2 aliphatic rings. The predicted molar refractivity (Wildman–Crippen MR) is 69.3 cm³/mol. The lowest BCUT2D eigenvalue weighted by atomic mass is 9.87. The maximum Gasteiger partial charge on any atom is 0.0337 e. The zero-order valence-corrected chi connectivity index (χ0v) is 11.4. The molecule has 1 aliphatic carbocycles. The maximum absolute atomic E-state index is 6.12. The van der Waals surface area contributed by atoms with Gasteiger partial charge in [-0.1, -0.05) is 27.7 Å². The molecule has 3 unspecified atom stereocenters. The largest absolute Gasteiger partial charge is 0.329 e. The summed E-state index contributed by atoms with van der Waals surface area (Å²) in [5.41, 5.74) is 6.94. The van der Waals surface area contributed by atoms with Crippen LogP contribution in [0.5, 0.6) is 0 Å². The second kappa shape index (κ2) is 3.99. The molecular formula is C14H28N2. The lowest BCUT2D eigenvalue weighted by molar-refractivity contribution is 0.111. The van der Waals surface area contributed by atoms with Gasteiger partial charge in [-0.2, -0.15) is 0 Å². The first-order valence-corrected chi connectivity index (χ1v) is 6.84. The molecule has 0 bridgehead atoms. The minimum atomic E-state index is 0.322. The molecule has 2 fully saturated rings. The normalized spacial score (nSPS) is 44.1. The van der Waals surface area contributed by atoms with Gasteiger partial charge in [-0.25, -0.2) is 0 Å². The highest BCUT2D eigenvalue weighted by Gasteiger charge is 2.48. The first-order valence-electron chi connectivity index (χ1n) is 6.84. The molecule has 0 aromatic heterocycles. The molecule has 0 amide bonds. The molecule has 2 rings (SSSR count). The van der Waals surface area contributed by atoms with Crippen molar-refractivity contribution in [2.75, 3.05) is 19.6 Å². The zero-order chi connectivity index (χ0) is 12.0. The molecule has 3 atom stereocenters. The van der Waals surface area contributed by atoms with Gasteiger partial charge in [-0.15, -0.1) is 0 Å². The van der Waals surface area contributed by atoms with E-state index in [-0.39, 0.29) is 0 Å². The maximum atomic E-state index is 6.12. The van der Waals surface area contributed by atoms with Gasteiger partial charge < -0.3 is 5.73 Å². The fraction of sp³-hybridized carbons (Fsp3) is 1.00. The molecule has 0 aromatic rings. The Hall–Kier alpha value is -0.0800. The molecule has 1 saturated carbocycles. The average Bonchev–Trinajstić information content (AvgIpc) is 2.70. The molecule has 2 heteroatoms. The molecule has 1 saturated heterocycles. The van der Waals surface area contributed by atoms with E-state index in [0.29, 0.717) is 11.0 Å². The highest BCUT2D eigenvalue weighted by Crippen LogP contribution is 2.47. The van der Waals surface area contributed by atoms with E-state index in [4.69, 9.17) is 5.73 Å². The molecule has 1 aliphatic heterocycles. The van der Waals surface area contributed by atoms with Crippen LogP contribution in [0.15, 0.2) is 0 Å². The lowest BCUT2D eigenvalue weighted by Gasteiger charge is -2.39. The summed E-state index contributed by atoms with van der Waals surface area (Å²) in [6.07, 6.45) is 3.93. The topological polar surface area (TPSA) is 29.3 Å². The summed E-state index contributed by atoms with van der Waals surface area (Å²) in [5.74, 6) is 1.68. The molecule has 0 aromatic carbocycles. The van der Waals surface area contributed by atoms with Crippen LogP contribution in [0.3, 0.4) is 0 Å². The van der Waals surface area contributed by atoms with Crippen LogP contribution in [-0.2, 0) is 0 Å². The fourth-order valence-electron chi connectivity index (χ4n) is 3.73. The Kier molecular flexibility index (Phi) is 3.09. The van der Waals surface area contributed by atoms with Crippen LogP contribution in [0.25, 0.3) is 0 Å². The molecule has 94 valence electrons. The summed E-state index contributed by atoms with van der Waals surface area (Å²) >= 11 is 0. The summed E-state index contributed by atoms with van der Waals surface area (Å²) in [6.45, 7) is 12.9. The number of rotatable bonds is 2. The first kappa shape index (κ1) is 12.4. The van der Waals surface area contributed by atoms with Crippen LogP contribution in [0, 0.1) is 17.3 Å². The van der Waals surface area contributed by atoms with E-state index in [1.54, 1.807) is 0 Å². The minimum absolute atomic E-state index is 0.322. The van der Waals surface area contributed by atoms with Gasteiger partial charge in [0.05, 0.1) is 0 Å². The van der Waals surface area contributed by atoms with Crippen LogP contribution in [0.4, 0.5) is 0 Å². The highest BCUT2D eigenvalue weighted by molar-refractivity contribution is 5.04. The van der Waals surface area contributed by atoms with Crippen LogP contribution in [0.1, 0.15) is 47.0 Å². The molecule has 2 N–H and O–H groups in total. The zero-order valence-electron chi connectivity index (χ0n) is 11.4. The fourth-order valence-corrected chi connectivity index (χ4v) is 3.73. The van der Waals surface area contributed by atoms with Crippen molar-refractivity contribution in [3.05, 3.63) is 0 Å². The summed E-state index contributed by atoms with van der Waals surface area (Å²) in [6, 6.07) is 0. The monoisotopic (exact) mass is 224 g/mol. The summed E-state index contributed by atoms with van der Waals surface area (Å²) in [7, 11) is 0. The Morgan fingerprint density at radius 2 is 1.69 bits per heavy atom. The Labute approximate surface area is 101 Å². The number of hydrogen-bond acceptors (Lipinski definition) is 2. The van der Waals surface area contributed by atoms with Gasteiger partial charge in [0.1, 0.15) is 0 Å². The second-order valence-corrected chi connectivity index (χ2v) is 7.13. The Morgan fingerprint density at radius 3 is 2.06 bits per heavy atom. The predicted octanol–water partition coefficient (Wildman–Crippen LogP) is 2.48. The molecule has 0 spiro atoms. The van der Waals surface area contributed by atoms with Crippen LogP contribution in [-0.4, -0.2) is 30.1 Å². The molecule has 16 heavy (non-hydrogen) atoms.